The van der Waals surface area contributed by atoms with Gasteiger partial charge in [0.15, 0.2) is 11.7 Å². The minimum atomic E-state index is -4.52. The molecule has 7 nitrogen and oxygen atoms in total. The Morgan fingerprint density at radius 1 is 1.15 bits per heavy atom. The zero-order chi connectivity index (χ0) is 24.0. The number of aliphatic carboxylic acids is 1. The first-order chi connectivity index (χ1) is 15.7. The van der Waals surface area contributed by atoms with Gasteiger partial charge in [-0.05, 0) is 35.7 Å². The van der Waals surface area contributed by atoms with E-state index in [1.807, 2.05) is 6.07 Å². The van der Waals surface area contributed by atoms with Gasteiger partial charge in [0.2, 0.25) is 11.7 Å². The lowest BCUT2D eigenvalue weighted by Crippen LogP contribution is -2.44. The Morgan fingerprint density at radius 3 is 2.39 bits per heavy atom. The lowest BCUT2D eigenvalue weighted by atomic mass is 10.1. The lowest BCUT2D eigenvalue weighted by molar-refractivity contribution is -0.141. The van der Waals surface area contributed by atoms with E-state index in [1.165, 1.54) is 0 Å². The van der Waals surface area contributed by atoms with Crippen LogP contribution < -0.4 is 5.32 Å². The van der Waals surface area contributed by atoms with Crippen LogP contribution in [0.1, 0.15) is 27.4 Å². The number of nitrogens with zero attached hydrogens (tertiary/aromatic N) is 1. The summed E-state index contributed by atoms with van der Waals surface area (Å²) in [5, 5.41) is 11.7. The van der Waals surface area contributed by atoms with Crippen LogP contribution in [-0.4, -0.2) is 34.6 Å². The van der Waals surface area contributed by atoms with Crippen LogP contribution in [-0.2, 0) is 22.3 Å². The van der Waals surface area contributed by atoms with Crippen LogP contribution >= 0.6 is 0 Å². The highest BCUT2D eigenvalue weighted by Gasteiger charge is 2.30. The average molecular weight is 458 g/mol. The second kappa shape index (κ2) is 10.0. The minimum Gasteiger partial charge on any atom is -0.480 e. The molecule has 0 saturated heterocycles. The number of carboxylic acids is 1. The molecule has 0 aliphatic heterocycles. The number of ether oxygens (including phenoxy) is 1. The van der Waals surface area contributed by atoms with Crippen molar-refractivity contribution in [2.24, 2.45) is 0 Å². The number of rotatable bonds is 8. The predicted molar refractivity (Wildman–Crippen MR) is 110 cm³/mol. The van der Waals surface area contributed by atoms with Crippen LogP contribution in [0.4, 0.5) is 13.2 Å². The first-order valence-electron chi connectivity index (χ1n) is 9.49. The molecular weight excluding hydrogens is 441 g/mol. The molecule has 10 heteroatoms. The van der Waals surface area contributed by atoms with Crippen molar-refractivity contribution in [3.05, 3.63) is 77.2 Å². The molecular formula is C23H17F3N2O5. The van der Waals surface area contributed by atoms with Gasteiger partial charge in [0.05, 0.1) is 18.8 Å². The van der Waals surface area contributed by atoms with Crippen LogP contribution in [0, 0.1) is 12.3 Å². The third-order valence-corrected chi connectivity index (χ3v) is 4.43. The highest BCUT2D eigenvalue weighted by molar-refractivity contribution is 5.97. The molecule has 170 valence electrons. The molecule has 0 aliphatic carbocycles. The van der Waals surface area contributed by atoms with E-state index in [4.69, 9.17) is 15.6 Å². The topological polar surface area (TPSA) is 102 Å². The second-order valence-corrected chi connectivity index (χ2v) is 6.78. The summed E-state index contributed by atoms with van der Waals surface area (Å²) >= 11 is 0. The molecule has 33 heavy (non-hydrogen) atoms. The summed E-state index contributed by atoms with van der Waals surface area (Å²) in [6, 6.07) is 11.5. The van der Waals surface area contributed by atoms with Crippen molar-refractivity contribution in [1.82, 2.24) is 10.3 Å². The van der Waals surface area contributed by atoms with Gasteiger partial charge in [0, 0.05) is 5.56 Å². The normalized spacial score (nSPS) is 12.1. The molecule has 0 spiro atoms. The standard InChI is InChI=1S/C23H17F3N2O5/c1-2-18-19(28-21(33-18)15-8-10-16(11-9-15)23(24,25)26)20(29)27-17(22(30)31)13-32-12-14-6-4-3-5-7-14/h1,3-11,17H,12-13H2,(H,27,29)(H,30,31). The van der Waals surface area contributed by atoms with Gasteiger partial charge >= 0.3 is 12.1 Å². The number of carbonyl (C=O) groups is 2. The van der Waals surface area contributed by atoms with E-state index in [0.717, 1.165) is 29.8 Å². The number of alkyl halides is 3. The summed E-state index contributed by atoms with van der Waals surface area (Å²) in [6.07, 6.45) is 0.827. The molecule has 0 aliphatic rings. The van der Waals surface area contributed by atoms with Gasteiger partial charge in [-0.15, -0.1) is 6.42 Å². The second-order valence-electron chi connectivity index (χ2n) is 6.78. The first kappa shape index (κ1) is 23.6. The zero-order valence-electron chi connectivity index (χ0n) is 16.9. The quantitative estimate of drug-likeness (QED) is 0.499. The SMILES string of the molecule is C#Cc1oc(-c2ccc(C(F)(F)F)cc2)nc1C(=O)NC(COCc1ccccc1)C(=O)O. The van der Waals surface area contributed by atoms with Crippen molar-refractivity contribution in [2.75, 3.05) is 6.61 Å². The van der Waals surface area contributed by atoms with Gasteiger partial charge in [0.1, 0.15) is 0 Å². The number of benzene rings is 2. The number of carbonyl (C=O) groups excluding carboxylic acids is 1. The number of hydrogen-bond donors (Lipinski definition) is 2. The van der Waals surface area contributed by atoms with E-state index >= 15 is 0 Å². The van der Waals surface area contributed by atoms with Crippen LogP contribution in [0.2, 0.25) is 0 Å². The Bertz CT molecular complexity index is 1170. The number of hydrogen-bond acceptors (Lipinski definition) is 5. The molecule has 0 saturated carbocycles. The van der Waals surface area contributed by atoms with Gasteiger partial charge in [-0.2, -0.15) is 13.2 Å². The molecule has 0 bridgehead atoms. The van der Waals surface area contributed by atoms with Crippen LogP contribution in [0.3, 0.4) is 0 Å². The highest BCUT2D eigenvalue weighted by atomic mass is 19.4. The van der Waals surface area contributed by atoms with Crippen molar-refractivity contribution >= 4 is 11.9 Å². The maximum atomic E-state index is 12.7. The Hall–Kier alpha value is -4.10. The number of amides is 1. The summed E-state index contributed by atoms with van der Waals surface area (Å²) in [6.45, 7) is -0.191. The van der Waals surface area contributed by atoms with Crippen molar-refractivity contribution in [3.8, 4) is 23.8 Å². The molecule has 1 aromatic heterocycles. The van der Waals surface area contributed by atoms with Gasteiger partial charge in [0.25, 0.3) is 5.91 Å². The average Bonchev–Trinajstić information content (AvgIpc) is 3.23. The third kappa shape index (κ3) is 5.99. The maximum absolute atomic E-state index is 12.7. The molecule has 0 fully saturated rings. The smallest absolute Gasteiger partial charge is 0.416 e. The molecule has 2 aromatic carbocycles. The van der Waals surface area contributed by atoms with Gasteiger partial charge in [-0.1, -0.05) is 30.3 Å². The first-order valence-corrected chi connectivity index (χ1v) is 9.49. The number of halogens is 3. The van der Waals surface area contributed by atoms with Crippen LogP contribution in [0.5, 0.6) is 0 Å². The molecule has 1 amide bonds. The number of carboxylic acid groups (broad SMARTS) is 1. The van der Waals surface area contributed by atoms with Crippen LogP contribution in [0.15, 0.2) is 59.0 Å². The molecule has 3 rings (SSSR count). The molecule has 2 N–H and O–H groups in total. The monoisotopic (exact) mass is 458 g/mol. The van der Waals surface area contributed by atoms with Gasteiger partial charge < -0.3 is 19.6 Å². The van der Waals surface area contributed by atoms with Crippen molar-refractivity contribution < 1.29 is 37.0 Å². The largest absolute Gasteiger partial charge is 0.480 e. The molecule has 1 atom stereocenters. The summed E-state index contributed by atoms with van der Waals surface area (Å²) in [4.78, 5) is 28.1. The zero-order valence-corrected chi connectivity index (χ0v) is 16.9. The van der Waals surface area contributed by atoms with Crippen molar-refractivity contribution in [2.45, 2.75) is 18.8 Å². The fourth-order valence-corrected chi connectivity index (χ4v) is 2.77. The summed E-state index contributed by atoms with van der Waals surface area (Å²) in [5.41, 5.74) is -0.269. The fourth-order valence-electron chi connectivity index (χ4n) is 2.77. The Labute approximate surface area is 186 Å². The Morgan fingerprint density at radius 2 is 1.82 bits per heavy atom. The predicted octanol–water partition coefficient (Wildman–Crippen LogP) is 3.74. The summed E-state index contributed by atoms with van der Waals surface area (Å²) in [7, 11) is 0. The van der Waals surface area contributed by atoms with E-state index in [1.54, 1.807) is 24.3 Å². The number of nitrogens with one attached hydrogen (secondary N) is 1. The number of terminal acetylenes is 1. The van der Waals surface area contributed by atoms with E-state index in [9.17, 15) is 27.9 Å². The molecule has 0 radical (unpaired) electrons. The Kier molecular flexibility index (Phi) is 7.15. The molecule has 3 aromatic rings. The fraction of sp³-hybridized carbons (Fsp3) is 0.174. The van der Waals surface area contributed by atoms with E-state index < -0.39 is 29.7 Å². The van der Waals surface area contributed by atoms with E-state index in [2.05, 4.69) is 16.2 Å². The van der Waals surface area contributed by atoms with E-state index in [-0.39, 0.29) is 36.1 Å². The van der Waals surface area contributed by atoms with E-state index in [0.29, 0.717) is 0 Å². The molecule has 1 unspecified atom stereocenters. The number of oxazole rings is 1. The number of aromatic nitrogens is 1. The summed E-state index contributed by atoms with van der Waals surface area (Å²) < 4.78 is 48.9. The maximum Gasteiger partial charge on any atom is 0.416 e. The highest BCUT2D eigenvalue weighted by Crippen LogP contribution is 2.31. The van der Waals surface area contributed by atoms with Crippen molar-refractivity contribution in [3.63, 3.8) is 0 Å². The summed E-state index contributed by atoms with van der Waals surface area (Å²) in [5.74, 6) is -0.633. The minimum absolute atomic E-state index is 0.137. The Balaban J connectivity index is 1.72. The van der Waals surface area contributed by atoms with Crippen molar-refractivity contribution in [1.29, 1.82) is 0 Å². The lowest BCUT2D eigenvalue weighted by Gasteiger charge is -2.14. The third-order valence-electron chi connectivity index (χ3n) is 4.43. The van der Waals surface area contributed by atoms with Gasteiger partial charge in [-0.3, -0.25) is 4.79 Å². The van der Waals surface area contributed by atoms with Gasteiger partial charge in [-0.25, -0.2) is 9.78 Å². The van der Waals surface area contributed by atoms with Crippen LogP contribution in [0.25, 0.3) is 11.5 Å². The molecule has 1 heterocycles.